The predicted molar refractivity (Wildman–Crippen MR) is 94.1 cm³/mol. The summed E-state index contributed by atoms with van der Waals surface area (Å²) in [6.45, 7) is 9.99. The Hall–Kier alpha value is -2.43. The van der Waals surface area contributed by atoms with E-state index < -0.39 is 0 Å². The van der Waals surface area contributed by atoms with Crippen LogP contribution in [0.25, 0.3) is 0 Å². The van der Waals surface area contributed by atoms with E-state index in [4.69, 9.17) is 0 Å². The Bertz CT molecular complexity index is 648. The highest BCUT2D eigenvalue weighted by molar-refractivity contribution is 6.04. The zero-order chi connectivity index (χ0) is 16.8. The molecule has 0 fully saturated rings. The summed E-state index contributed by atoms with van der Waals surface area (Å²) in [6.07, 6.45) is 3.15. The van der Waals surface area contributed by atoms with Crippen molar-refractivity contribution in [2.75, 3.05) is 23.3 Å². The molecular weight excluding hydrogens is 288 g/mol. The number of carbonyl (C=O) groups is 1. The summed E-state index contributed by atoms with van der Waals surface area (Å²) >= 11 is 0. The average molecular weight is 312 g/mol. The molecule has 2 rings (SSSR count). The van der Waals surface area contributed by atoms with Gasteiger partial charge in [0.1, 0.15) is 0 Å². The molecule has 0 saturated carbocycles. The van der Waals surface area contributed by atoms with Gasteiger partial charge in [-0.25, -0.2) is 9.97 Å². The second-order valence-corrected chi connectivity index (χ2v) is 5.64. The van der Waals surface area contributed by atoms with Crippen molar-refractivity contribution in [3.05, 3.63) is 47.8 Å². The fraction of sp³-hybridized carbons (Fsp3) is 0.389. The molecule has 0 aliphatic rings. The number of anilines is 2. The van der Waals surface area contributed by atoms with Gasteiger partial charge in [0.2, 0.25) is 5.95 Å². The summed E-state index contributed by atoms with van der Waals surface area (Å²) in [4.78, 5) is 23.0. The minimum atomic E-state index is -0.191. The number of para-hydroxylation sites is 1. The molecule has 1 N–H and O–H groups in total. The summed E-state index contributed by atoms with van der Waals surface area (Å²) in [7, 11) is 0. The quantitative estimate of drug-likeness (QED) is 0.883. The number of carbonyl (C=O) groups excluding carboxylic acids is 1. The van der Waals surface area contributed by atoms with Crippen molar-refractivity contribution in [2.24, 2.45) is 0 Å². The molecule has 1 aromatic carbocycles. The van der Waals surface area contributed by atoms with Gasteiger partial charge in [-0.1, -0.05) is 32.0 Å². The Kier molecular flexibility index (Phi) is 5.68. The number of rotatable bonds is 6. The zero-order valence-corrected chi connectivity index (χ0v) is 14.2. The Morgan fingerprint density at radius 2 is 1.74 bits per heavy atom. The van der Waals surface area contributed by atoms with Gasteiger partial charge >= 0.3 is 0 Å². The van der Waals surface area contributed by atoms with Gasteiger partial charge in [0.25, 0.3) is 5.91 Å². The Balaban J connectivity index is 2.15. The minimum absolute atomic E-state index is 0.191. The van der Waals surface area contributed by atoms with Crippen molar-refractivity contribution in [3.8, 4) is 0 Å². The van der Waals surface area contributed by atoms with E-state index in [1.54, 1.807) is 12.4 Å². The maximum Gasteiger partial charge on any atom is 0.258 e. The summed E-state index contributed by atoms with van der Waals surface area (Å²) in [5.74, 6) is 0.797. The van der Waals surface area contributed by atoms with Crippen LogP contribution in [0.3, 0.4) is 0 Å². The topological polar surface area (TPSA) is 58.1 Å². The molecule has 5 nitrogen and oxygen atoms in total. The van der Waals surface area contributed by atoms with Gasteiger partial charge in [0, 0.05) is 31.2 Å². The van der Waals surface area contributed by atoms with Crippen LogP contribution in [0.15, 0.2) is 36.7 Å². The van der Waals surface area contributed by atoms with Crippen LogP contribution < -0.4 is 10.2 Å². The second-order valence-electron chi connectivity index (χ2n) is 5.64. The Morgan fingerprint density at radius 1 is 1.13 bits per heavy atom. The lowest BCUT2D eigenvalue weighted by molar-refractivity contribution is 0.102. The Labute approximate surface area is 137 Å². The van der Waals surface area contributed by atoms with E-state index in [0.717, 1.165) is 24.3 Å². The highest BCUT2D eigenvalue weighted by atomic mass is 16.1. The first-order valence-corrected chi connectivity index (χ1v) is 8.04. The van der Waals surface area contributed by atoms with Crippen LogP contribution in [0.1, 0.15) is 49.5 Å². The van der Waals surface area contributed by atoms with Crippen LogP contribution in [0.5, 0.6) is 0 Å². The van der Waals surface area contributed by atoms with Crippen molar-refractivity contribution < 1.29 is 4.79 Å². The lowest BCUT2D eigenvalue weighted by Crippen LogP contribution is -2.24. The van der Waals surface area contributed by atoms with E-state index in [2.05, 4.69) is 43.0 Å². The molecule has 122 valence electrons. The first-order valence-electron chi connectivity index (χ1n) is 8.04. The molecule has 5 heteroatoms. The maximum atomic E-state index is 12.4. The predicted octanol–water partition coefficient (Wildman–Crippen LogP) is 3.70. The number of nitrogens with zero attached hydrogens (tertiary/aromatic N) is 3. The number of nitrogens with one attached hydrogen (secondary N) is 1. The summed E-state index contributed by atoms with van der Waals surface area (Å²) in [5, 5.41) is 2.95. The van der Waals surface area contributed by atoms with Crippen LogP contribution >= 0.6 is 0 Å². The molecule has 0 unspecified atom stereocenters. The highest BCUT2D eigenvalue weighted by Gasteiger charge is 2.12. The molecule has 0 aliphatic heterocycles. The van der Waals surface area contributed by atoms with Crippen LogP contribution in [0.2, 0.25) is 0 Å². The number of hydrogen-bond donors (Lipinski definition) is 1. The smallest absolute Gasteiger partial charge is 0.258 e. The van der Waals surface area contributed by atoms with E-state index in [1.807, 2.05) is 29.2 Å². The third-order valence-corrected chi connectivity index (χ3v) is 3.78. The zero-order valence-electron chi connectivity index (χ0n) is 14.2. The van der Waals surface area contributed by atoms with Crippen molar-refractivity contribution in [2.45, 2.75) is 33.6 Å². The van der Waals surface area contributed by atoms with Crippen molar-refractivity contribution in [1.82, 2.24) is 9.97 Å². The largest absolute Gasteiger partial charge is 0.341 e. The summed E-state index contributed by atoms with van der Waals surface area (Å²) in [6, 6.07) is 7.84. The van der Waals surface area contributed by atoms with Gasteiger partial charge in [0.05, 0.1) is 5.56 Å². The molecule has 1 aromatic heterocycles. The number of hydrogen-bond acceptors (Lipinski definition) is 4. The van der Waals surface area contributed by atoms with E-state index in [9.17, 15) is 4.79 Å². The first-order chi connectivity index (χ1) is 11.1. The average Bonchev–Trinajstić information content (AvgIpc) is 2.57. The molecule has 2 aromatic rings. The highest BCUT2D eigenvalue weighted by Crippen LogP contribution is 2.24. The lowest BCUT2D eigenvalue weighted by atomic mass is 10.0. The van der Waals surface area contributed by atoms with E-state index in [1.165, 1.54) is 0 Å². The molecule has 1 heterocycles. The first kappa shape index (κ1) is 16.9. The molecule has 0 saturated heterocycles. The summed E-state index contributed by atoms with van der Waals surface area (Å²) in [5.41, 5.74) is 2.40. The normalized spacial score (nSPS) is 10.7. The van der Waals surface area contributed by atoms with Crippen LogP contribution in [0.4, 0.5) is 11.6 Å². The van der Waals surface area contributed by atoms with E-state index in [-0.39, 0.29) is 5.91 Å². The van der Waals surface area contributed by atoms with Gasteiger partial charge in [0.15, 0.2) is 0 Å². The molecule has 0 bridgehead atoms. The standard InChI is InChI=1S/C18H24N4O/c1-5-22(6-2)18-19-11-14(12-20-18)17(23)21-16-10-8-7-9-15(16)13(3)4/h7-13H,5-6H2,1-4H3,(H,21,23). The fourth-order valence-electron chi connectivity index (χ4n) is 2.42. The monoisotopic (exact) mass is 312 g/mol. The second kappa shape index (κ2) is 7.72. The molecule has 1 amide bonds. The molecule has 0 atom stereocenters. The molecule has 0 spiro atoms. The van der Waals surface area contributed by atoms with Gasteiger partial charge in [-0.2, -0.15) is 0 Å². The molecule has 0 radical (unpaired) electrons. The number of amides is 1. The third-order valence-electron chi connectivity index (χ3n) is 3.78. The lowest BCUT2D eigenvalue weighted by Gasteiger charge is -2.18. The van der Waals surface area contributed by atoms with Crippen molar-refractivity contribution in [1.29, 1.82) is 0 Å². The molecule has 23 heavy (non-hydrogen) atoms. The molecular formula is C18H24N4O. The SMILES string of the molecule is CCN(CC)c1ncc(C(=O)Nc2ccccc2C(C)C)cn1. The van der Waals surface area contributed by atoms with Gasteiger partial charge in [-0.3, -0.25) is 4.79 Å². The molecule has 0 aliphatic carbocycles. The number of benzene rings is 1. The van der Waals surface area contributed by atoms with Crippen LogP contribution in [-0.4, -0.2) is 29.0 Å². The van der Waals surface area contributed by atoms with Gasteiger partial charge in [-0.05, 0) is 31.4 Å². The fourth-order valence-corrected chi connectivity index (χ4v) is 2.42. The van der Waals surface area contributed by atoms with Gasteiger partial charge < -0.3 is 10.2 Å². The van der Waals surface area contributed by atoms with Gasteiger partial charge in [-0.15, -0.1) is 0 Å². The summed E-state index contributed by atoms with van der Waals surface area (Å²) < 4.78 is 0. The van der Waals surface area contributed by atoms with Crippen molar-refractivity contribution >= 4 is 17.5 Å². The third kappa shape index (κ3) is 4.06. The maximum absolute atomic E-state index is 12.4. The van der Waals surface area contributed by atoms with E-state index in [0.29, 0.717) is 17.4 Å². The van der Waals surface area contributed by atoms with Crippen LogP contribution in [0, 0.1) is 0 Å². The number of aromatic nitrogens is 2. The Morgan fingerprint density at radius 3 is 2.30 bits per heavy atom. The van der Waals surface area contributed by atoms with Crippen LogP contribution in [-0.2, 0) is 0 Å². The van der Waals surface area contributed by atoms with E-state index >= 15 is 0 Å². The van der Waals surface area contributed by atoms with Crippen molar-refractivity contribution in [3.63, 3.8) is 0 Å². The minimum Gasteiger partial charge on any atom is -0.341 e.